The van der Waals surface area contributed by atoms with E-state index < -0.39 is 21.3 Å². The number of rotatable bonds is 6. The molecule has 2 rings (SSSR count). The highest BCUT2D eigenvalue weighted by atomic mass is 35.5. The van der Waals surface area contributed by atoms with Crippen LogP contribution in [0.2, 0.25) is 10.0 Å². The summed E-state index contributed by atoms with van der Waals surface area (Å²) in [5, 5.41) is -0.187. The number of carbonyl (C=O) groups is 1. The number of benzene rings is 2. The van der Waals surface area contributed by atoms with Gasteiger partial charge in [0.05, 0.1) is 17.7 Å². The Kier molecular flexibility index (Phi) is 6.21. The van der Waals surface area contributed by atoms with Crippen molar-refractivity contribution in [1.82, 2.24) is 0 Å². The van der Waals surface area contributed by atoms with Gasteiger partial charge in [0.25, 0.3) is 10.0 Å². The van der Waals surface area contributed by atoms with Gasteiger partial charge in [-0.1, -0.05) is 23.2 Å². The standard InChI is InChI=1S/C16H14Cl3NO4S/c1-10(16(19)21)20(14-9-12(18)5-8-15(14)24-2)25(22,23)13-6-3-11(17)4-7-13/h3-10H,1-2H3. The van der Waals surface area contributed by atoms with Gasteiger partial charge in [-0.2, -0.15) is 0 Å². The van der Waals surface area contributed by atoms with E-state index in [1.165, 1.54) is 50.4 Å². The number of sulfonamides is 1. The third-order valence-electron chi connectivity index (χ3n) is 3.43. The fourth-order valence-electron chi connectivity index (χ4n) is 2.19. The molecular weight excluding hydrogens is 409 g/mol. The van der Waals surface area contributed by atoms with E-state index in [1.807, 2.05) is 0 Å². The maximum atomic E-state index is 13.1. The van der Waals surface area contributed by atoms with Crippen molar-refractivity contribution in [3.63, 3.8) is 0 Å². The van der Waals surface area contributed by atoms with E-state index in [2.05, 4.69) is 0 Å². The second kappa shape index (κ2) is 7.83. The molecule has 0 aliphatic carbocycles. The van der Waals surface area contributed by atoms with Gasteiger partial charge in [0.1, 0.15) is 11.8 Å². The number of ether oxygens (including phenoxy) is 1. The van der Waals surface area contributed by atoms with Crippen molar-refractivity contribution < 1.29 is 17.9 Å². The van der Waals surface area contributed by atoms with E-state index in [0.717, 1.165) is 4.31 Å². The number of hydrogen-bond donors (Lipinski definition) is 0. The number of anilines is 1. The highest BCUT2D eigenvalue weighted by Crippen LogP contribution is 2.36. The molecule has 1 atom stereocenters. The summed E-state index contributed by atoms with van der Waals surface area (Å²) < 4.78 is 32.4. The lowest BCUT2D eigenvalue weighted by Gasteiger charge is -2.29. The van der Waals surface area contributed by atoms with Crippen LogP contribution >= 0.6 is 34.8 Å². The van der Waals surface area contributed by atoms with Crippen LogP contribution in [0.25, 0.3) is 0 Å². The maximum absolute atomic E-state index is 13.1. The third-order valence-corrected chi connectivity index (χ3v) is 6.13. The van der Waals surface area contributed by atoms with Crippen molar-refractivity contribution in [2.24, 2.45) is 0 Å². The van der Waals surface area contributed by atoms with Gasteiger partial charge in [-0.25, -0.2) is 8.42 Å². The van der Waals surface area contributed by atoms with Crippen molar-refractivity contribution in [2.75, 3.05) is 11.4 Å². The Morgan fingerprint density at radius 2 is 1.64 bits per heavy atom. The molecule has 0 fully saturated rings. The fraction of sp³-hybridized carbons (Fsp3) is 0.188. The van der Waals surface area contributed by atoms with Gasteiger partial charge in [-0.15, -0.1) is 0 Å². The molecule has 0 aromatic heterocycles. The van der Waals surface area contributed by atoms with Gasteiger partial charge < -0.3 is 4.74 Å². The van der Waals surface area contributed by atoms with Gasteiger partial charge in [0.2, 0.25) is 5.24 Å². The van der Waals surface area contributed by atoms with Gasteiger partial charge in [-0.05, 0) is 61.0 Å². The summed E-state index contributed by atoms with van der Waals surface area (Å²) in [5.41, 5.74) is 0.103. The van der Waals surface area contributed by atoms with E-state index in [4.69, 9.17) is 39.5 Å². The molecule has 9 heteroatoms. The number of methoxy groups -OCH3 is 1. The molecule has 0 radical (unpaired) electrons. The molecule has 0 saturated heterocycles. The minimum absolute atomic E-state index is 0.0521. The Bertz CT molecular complexity index is 885. The molecule has 0 aliphatic rings. The number of hydrogen-bond acceptors (Lipinski definition) is 4. The zero-order valence-electron chi connectivity index (χ0n) is 13.2. The molecule has 0 amide bonds. The van der Waals surface area contributed by atoms with Crippen LogP contribution in [0.5, 0.6) is 5.75 Å². The van der Waals surface area contributed by atoms with Crippen molar-refractivity contribution in [2.45, 2.75) is 17.9 Å². The SMILES string of the molecule is COc1ccc(Cl)cc1N(C(C)C(=O)Cl)S(=O)(=O)c1ccc(Cl)cc1. The summed E-state index contributed by atoms with van der Waals surface area (Å²) in [4.78, 5) is 11.7. The predicted molar refractivity (Wildman–Crippen MR) is 99.4 cm³/mol. The second-order valence-corrected chi connectivity index (χ2v) is 8.11. The fourth-order valence-corrected chi connectivity index (χ4v) is 4.26. The highest BCUT2D eigenvalue weighted by molar-refractivity contribution is 7.93. The number of halogens is 3. The lowest BCUT2D eigenvalue weighted by atomic mass is 10.2. The molecule has 0 saturated carbocycles. The molecule has 1 unspecified atom stereocenters. The molecule has 0 bridgehead atoms. The molecule has 134 valence electrons. The van der Waals surface area contributed by atoms with Crippen molar-refractivity contribution in [3.8, 4) is 5.75 Å². The summed E-state index contributed by atoms with van der Waals surface area (Å²) in [6.07, 6.45) is 0. The van der Waals surface area contributed by atoms with E-state index in [1.54, 1.807) is 6.07 Å². The summed E-state index contributed by atoms with van der Waals surface area (Å²) in [7, 11) is -2.75. The number of nitrogens with zero attached hydrogens (tertiary/aromatic N) is 1. The molecule has 0 heterocycles. The largest absolute Gasteiger partial charge is 0.495 e. The van der Waals surface area contributed by atoms with Crippen molar-refractivity contribution in [1.29, 1.82) is 0 Å². The Morgan fingerprint density at radius 1 is 1.08 bits per heavy atom. The summed E-state index contributed by atoms with van der Waals surface area (Å²) in [6, 6.07) is 8.82. The van der Waals surface area contributed by atoms with Gasteiger partial charge in [0.15, 0.2) is 0 Å². The van der Waals surface area contributed by atoms with Crippen molar-refractivity contribution in [3.05, 3.63) is 52.5 Å². The maximum Gasteiger partial charge on any atom is 0.265 e. The minimum Gasteiger partial charge on any atom is -0.495 e. The van der Waals surface area contributed by atoms with Gasteiger partial charge in [-0.3, -0.25) is 9.10 Å². The molecule has 0 N–H and O–H groups in total. The molecular formula is C16H14Cl3NO4S. The summed E-state index contributed by atoms with van der Waals surface area (Å²) in [6.45, 7) is 1.38. The Labute approximate surface area is 161 Å². The Balaban J connectivity index is 2.71. The monoisotopic (exact) mass is 421 g/mol. The first-order valence-electron chi connectivity index (χ1n) is 7.01. The molecule has 25 heavy (non-hydrogen) atoms. The smallest absolute Gasteiger partial charge is 0.265 e. The molecule has 0 aliphatic heterocycles. The van der Waals surface area contributed by atoms with Crippen LogP contribution in [-0.2, 0) is 14.8 Å². The van der Waals surface area contributed by atoms with E-state index >= 15 is 0 Å². The Hall–Kier alpha value is -1.47. The van der Waals surface area contributed by atoms with Crippen LogP contribution in [0.1, 0.15) is 6.92 Å². The molecule has 2 aromatic rings. The summed E-state index contributed by atoms with van der Waals surface area (Å²) in [5.74, 6) is 0.228. The molecule has 2 aromatic carbocycles. The third kappa shape index (κ3) is 4.20. The first-order valence-corrected chi connectivity index (χ1v) is 9.58. The highest BCUT2D eigenvalue weighted by Gasteiger charge is 2.34. The predicted octanol–water partition coefficient (Wildman–Crippen LogP) is 4.35. The second-order valence-electron chi connectivity index (χ2n) is 5.05. The topological polar surface area (TPSA) is 63.7 Å². The zero-order chi connectivity index (χ0) is 18.8. The minimum atomic E-state index is -4.13. The Morgan fingerprint density at radius 3 is 2.16 bits per heavy atom. The van der Waals surface area contributed by atoms with E-state index in [9.17, 15) is 13.2 Å². The van der Waals surface area contributed by atoms with Crippen LogP contribution in [-0.4, -0.2) is 26.8 Å². The average Bonchev–Trinajstić information content (AvgIpc) is 2.55. The molecule has 5 nitrogen and oxygen atoms in total. The van der Waals surface area contributed by atoms with Crippen LogP contribution in [0.3, 0.4) is 0 Å². The quantitative estimate of drug-likeness (QED) is 0.649. The van der Waals surface area contributed by atoms with E-state index in [-0.39, 0.29) is 21.4 Å². The van der Waals surface area contributed by atoms with Crippen molar-refractivity contribution >= 4 is 55.8 Å². The molecule has 0 spiro atoms. The normalized spacial score (nSPS) is 12.5. The zero-order valence-corrected chi connectivity index (χ0v) is 16.3. The van der Waals surface area contributed by atoms with Gasteiger partial charge in [0, 0.05) is 10.0 Å². The summed E-state index contributed by atoms with van der Waals surface area (Å²) >= 11 is 17.4. The lowest BCUT2D eigenvalue weighted by Crippen LogP contribution is -2.42. The van der Waals surface area contributed by atoms with Crippen LogP contribution in [0.4, 0.5) is 5.69 Å². The average molecular weight is 423 g/mol. The van der Waals surface area contributed by atoms with E-state index in [0.29, 0.717) is 5.02 Å². The number of carbonyl (C=O) groups excluding carboxylic acids is 1. The van der Waals surface area contributed by atoms with Crippen LogP contribution < -0.4 is 9.04 Å². The van der Waals surface area contributed by atoms with Crippen LogP contribution in [0.15, 0.2) is 47.4 Å². The van der Waals surface area contributed by atoms with Crippen LogP contribution in [0, 0.1) is 0 Å². The lowest BCUT2D eigenvalue weighted by molar-refractivity contribution is -0.112. The first kappa shape index (κ1) is 19.8. The van der Waals surface area contributed by atoms with Gasteiger partial charge >= 0.3 is 0 Å². The first-order chi connectivity index (χ1) is 11.7.